The molecular weight excluding hydrogens is 320 g/mol. The molecule has 130 valence electrons. The van der Waals surface area contributed by atoms with Crippen LogP contribution >= 0.6 is 0 Å². The van der Waals surface area contributed by atoms with Gasteiger partial charge in [0.2, 0.25) is 0 Å². The van der Waals surface area contributed by atoms with Gasteiger partial charge in [-0.2, -0.15) is 9.61 Å². The number of nitrogens with one attached hydrogen (secondary N) is 1. The number of benzene rings is 1. The molecule has 4 rings (SSSR count). The highest BCUT2D eigenvalue weighted by Crippen LogP contribution is 2.31. The standard InChI is InChI=1S/C18H20N4O3/c1-23-11-13-10-18(22-17(21-13)7-9-20-22)19-8-6-14-12-24-15-4-2-3-5-16(15)25-14/h2-5,7,9-10,14,19H,6,8,11-12H2,1H3/t14-/m1/s1. The molecule has 0 bridgehead atoms. The molecule has 0 unspecified atom stereocenters. The van der Waals surface area contributed by atoms with Gasteiger partial charge in [0.25, 0.3) is 0 Å². The number of rotatable bonds is 6. The molecule has 0 amide bonds. The van der Waals surface area contributed by atoms with Crippen LogP contribution in [0.4, 0.5) is 5.82 Å². The van der Waals surface area contributed by atoms with E-state index in [0.717, 1.165) is 41.6 Å². The zero-order chi connectivity index (χ0) is 17.1. The van der Waals surface area contributed by atoms with E-state index in [1.165, 1.54) is 0 Å². The molecule has 1 N–H and O–H groups in total. The fourth-order valence-electron chi connectivity index (χ4n) is 2.88. The number of hydrogen-bond donors (Lipinski definition) is 1. The van der Waals surface area contributed by atoms with Crippen molar-refractivity contribution in [2.45, 2.75) is 19.1 Å². The Balaban J connectivity index is 1.40. The Bertz CT molecular complexity index is 864. The normalized spacial score (nSPS) is 16.1. The van der Waals surface area contributed by atoms with Crippen molar-refractivity contribution in [1.29, 1.82) is 0 Å². The van der Waals surface area contributed by atoms with E-state index in [-0.39, 0.29) is 6.10 Å². The Morgan fingerprint density at radius 1 is 1.28 bits per heavy atom. The third-order valence-corrected chi connectivity index (χ3v) is 4.04. The van der Waals surface area contributed by atoms with Crippen LogP contribution < -0.4 is 14.8 Å². The number of fused-ring (bicyclic) bond motifs is 2. The molecule has 2 aromatic heterocycles. The largest absolute Gasteiger partial charge is 0.486 e. The Morgan fingerprint density at radius 2 is 2.16 bits per heavy atom. The van der Waals surface area contributed by atoms with Crippen molar-refractivity contribution in [3.63, 3.8) is 0 Å². The molecule has 7 nitrogen and oxygen atoms in total. The zero-order valence-electron chi connectivity index (χ0n) is 14.0. The highest BCUT2D eigenvalue weighted by atomic mass is 16.6. The maximum atomic E-state index is 5.98. The van der Waals surface area contributed by atoms with Crippen LogP contribution in [0.2, 0.25) is 0 Å². The van der Waals surface area contributed by atoms with Gasteiger partial charge in [-0.25, -0.2) is 4.98 Å². The number of hydrogen-bond acceptors (Lipinski definition) is 6. The minimum Gasteiger partial charge on any atom is -0.486 e. The van der Waals surface area contributed by atoms with Gasteiger partial charge in [0.15, 0.2) is 17.1 Å². The molecule has 0 aliphatic carbocycles. The van der Waals surface area contributed by atoms with Crippen LogP contribution in [0.25, 0.3) is 5.65 Å². The van der Waals surface area contributed by atoms with Crippen molar-refractivity contribution in [2.75, 3.05) is 25.6 Å². The van der Waals surface area contributed by atoms with Crippen LogP contribution in [0.5, 0.6) is 11.5 Å². The van der Waals surface area contributed by atoms with Crippen molar-refractivity contribution < 1.29 is 14.2 Å². The minimum atomic E-state index is 0.0239. The van der Waals surface area contributed by atoms with Gasteiger partial charge < -0.3 is 19.5 Å². The lowest BCUT2D eigenvalue weighted by Crippen LogP contribution is -2.31. The first-order valence-corrected chi connectivity index (χ1v) is 8.28. The summed E-state index contributed by atoms with van der Waals surface area (Å²) in [5, 5.41) is 7.72. The van der Waals surface area contributed by atoms with E-state index in [2.05, 4.69) is 15.4 Å². The van der Waals surface area contributed by atoms with Crippen molar-refractivity contribution in [3.8, 4) is 11.5 Å². The summed E-state index contributed by atoms with van der Waals surface area (Å²) in [4.78, 5) is 4.50. The lowest BCUT2D eigenvalue weighted by atomic mass is 10.2. The second kappa shape index (κ2) is 6.98. The fraction of sp³-hybridized carbons (Fsp3) is 0.333. The third kappa shape index (κ3) is 3.36. The average molecular weight is 340 g/mol. The highest BCUT2D eigenvalue weighted by Gasteiger charge is 2.20. The SMILES string of the molecule is COCc1cc(NCC[C@@H]2COc3ccccc3O2)n2nccc2n1. The van der Waals surface area contributed by atoms with Crippen LogP contribution in [0, 0.1) is 0 Å². The summed E-state index contributed by atoms with van der Waals surface area (Å²) in [5.74, 6) is 2.50. The van der Waals surface area contributed by atoms with Crippen LogP contribution in [0.1, 0.15) is 12.1 Å². The Morgan fingerprint density at radius 3 is 3.04 bits per heavy atom. The molecule has 1 aromatic carbocycles. The van der Waals surface area contributed by atoms with Gasteiger partial charge >= 0.3 is 0 Å². The van der Waals surface area contributed by atoms with Gasteiger partial charge in [-0.15, -0.1) is 0 Å². The predicted octanol–water partition coefficient (Wildman–Crippen LogP) is 2.52. The first-order valence-electron chi connectivity index (χ1n) is 8.28. The molecule has 0 spiro atoms. The van der Waals surface area contributed by atoms with Crippen molar-refractivity contribution >= 4 is 11.5 Å². The molecule has 1 aliphatic rings. The fourth-order valence-corrected chi connectivity index (χ4v) is 2.88. The molecule has 0 radical (unpaired) electrons. The number of aromatic nitrogens is 3. The maximum absolute atomic E-state index is 5.98. The van der Waals surface area contributed by atoms with Crippen molar-refractivity contribution in [2.24, 2.45) is 0 Å². The quantitative estimate of drug-likeness (QED) is 0.743. The summed E-state index contributed by atoms with van der Waals surface area (Å²) in [6, 6.07) is 11.6. The molecular formula is C18H20N4O3. The van der Waals surface area contributed by atoms with Gasteiger partial charge in [-0.3, -0.25) is 0 Å². The number of nitrogens with zero attached hydrogens (tertiary/aromatic N) is 3. The van der Waals surface area contributed by atoms with Gasteiger partial charge in [-0.05, 0) is 12.1 Å². The van der Waals surface area contributed by atoms with E-state index in [0.29, 0.717) is 13.2 Å². The summed E-state index contributed by atoms with van der Waals surface area (Å²) in [7, 11) is 1.66. The van der Waals surface area contributed by atoms with Gasteiger partial charge in [-0.1, -0.05) is 12.1 Å². The summed E-state index contributed by atoms with van der Waals surface area (Å²) in [6.45, 7) is 1.76. The monoisotopic (exact) mass is 340 g/mol. The summed E-state index contributed by atoms with van der Waals surface area (Å²) >= 11 is 0. The predicted molar refractivity (Wildman–Crippen MR) is 93.2 cm³/mol. The molecule has 1 aliphatic heterocycles. The summed E-state index contributed by atoms with van der Waals surface area (Å²) < 4.78 is 18.7. The zero-order valence-corrected chi connectivity index (χ0v) is 14.0. The topological polar surface area (TPSA) is 69.9 Å². The van der Waals surface area contributed by atoms with Crippen molar-refractivity contribution in [3.05, 3.63) is 48.3 Å². The molecule has 1 atom stereocenters. The van der Waals surface area contributed by atoms with Crippen LogP contribution in [0.3, 0.4) is 0 Å². The Kier molecular flexibility index (Phi) is 4.39. The van der Waals surface area contributed by atoms with Crippen molar-refractivity contribution in [1.82, 2.24) is 14.6 Å². The Hall–Kier alpha value is -2.80. The lowest BCUT2D eigenvalue weighted by Gasteiger charge is -2.26. The molecule has 7 heteroatoms. The number of ether oxygens (including phenoxy) is 3. The van der Waals surface area contributed by atoms with Crippen LogP contribution in [-0.2, 0) is 11.3 Å². The van der Waals surface area contributed by atoms with Crippen LogP contribution in [-0.4, -0.2) is 41.0 Å². The number of anilines is 1. The molecule has 0 saturated heterocycles. The minimum absolute atomic E-state index is 0.0239. The molecule has 0 saturated carbocycles. The molecule has 3 heterocycles. The maximum Gasteiger partial charge on any atom is 0.161 e. The summed E-state index contributed by atoms with van der Waals surface area (Å²) in [6.07, 6.45) is 2.58. The third-order valence-electron chi connectivity index (χ3n) is 4.04. The number of methoxy groups -OCH3 is 1. The van der Waals surface area contributed by atoms with Gasteiger partial charge in [0, 0.05) is 32.2 Å². The average Bonchev–Trinajstić information content (AvgIpc) is 3.11. The van der Waals surface area contributed by atoms with E-state index in [9.17, 15) is 0 Å². The lowest BCUT2D eigenvalue weighted by molar-refractivity contribution is 0.0873. The van der Waals surface area contributed by atoms with Gasteiger partial charge in [0.1, 0.15) is 18.5 Å². The first kappa shape index (κ1) is 15.7. The van der Waals surface area contributed by atoms with E-state index in [4.69, 9.17) is 14.2 Å². The first-order chi connectivity index (χ1) is 12.3. The van der Waals surface area contributed by atoms with Gasteiger partial charge in [0.05, 0.1) is 18.5 Å². The van der Waals surface area contributed by atoms with E-state index in [1.807, 2.05) is 36.4 Å². The van der Waals surface area contributed by atoms with E-state index < -0.39 is 0 Å². The smallest absolute Gasteiger partial charge is 0.161 e. The second-order valence-corrected chi connectivity index (χ2v) is 5.88. The van der Waals surface area contributed by atoms with E-state index in [1.54, 1.807) is 17.8 Å². The van der Waals surface area contributed by atoms with Crippen LogP contribution in [0.15, 0.2) is 42.6 Å². The van der Waals surface area contributed by atoms with E-state index >= 15 is 0 Å². The second-order valence-electron chi connectivity index (χ2n) is 5.88. The molecule has 3 aromatic rings. The highest BCUT2D eigenvalue weighted by molar-refractivity contribution is 5.49. The summed E-state index contributed by atoms with van der Waals surface area (Å²) in [5.41, 5.74) is 1.66. The molecule has 25 heavy (non-hydrogen) atoms. The number of para-hydroxylation sites is 2. The Labute approximate surface area is 145 Å². The molecule has 0 fully saturated rings.